The Bertz CT molecular complexity index is 660. The number of aromatic nitrogens is 2. The summed E-state index contributed by atoms with van der Waals surface area (Å²) < 4.78 is 12.8. The number of likely N-dealkylation sites (N-methyl/N-ethyl adjacent to an activating group) is 1. The van der Waals surface area contributed by atoms with Gasteiger partial charge in [0.2, 0.25) is 5.95 Å². The Morgan fingerprint density at radius 1 is 1.17 bits per heavy atom. The van der Waals surface area contributed by atoms with Crippen LogP contribution in [0.2, 0.25) is 0 Å². The van der Waals surface area contributed by atoms with Crippen LogP contribution in [-0.4, -0.2) is 54.5 Å². The summed E-state index contributed by atoms with van der Waals surface area (Å²) in [6.45, 7) is 2.00. The Morgan fingerprint density at radius 2 is 1.92 bits per heavy atom. The topological polar surface area (TPSA) is 70.2 Å². The number of carbonyl (C=O) groups is 1. The lowest BCUT2D eigenvalue weighted by Gasteiger charge is -2.10. The van der Waals surface area contributed by atoms with Crippen LogP contribution in [0, 0.1) is 5.82 Å². The fourth-order valence-corrected chi connectivity index (χ4v) is 2.02. The van der Waals surface area contributed by atoms with Gasteiger partial charge in [0.25, 0.3) is 5.91 Å². The van der Waals surface area contributed by atoms with Crippen LogP contribution in [0.4, 0.5) is 10.3 Å². The van der Waals surface area contributed by atoms with Gasteiger partial charge in [-0.25, -0.2) is 14.4 Å². The van der Waals surface area contributed by atoms with E-state index in [-0.39, 0.29) is 11.7 Å². The molecule has 1 heterocycles. The Kier molecular flexibility index (Phi) is 6.62. The monoisotopic (exact) mass is 331 g/mol. The molecule has 1 aromatic heterocycles. The molecule has 0 bridgehead atoms. The van der Waals surface area contributed by atoms with E-state index in [2.05, 4.69) is 20.6 Å². The van der Waals surface area contributed by atoms with Crippen molar-refractivity contribution in [3.05, 3.63) is 53.6 Å². The predicted molar refractivity (Wildman–Crippen MR) is 91.5 cm³/mol. The Labute approximate surface area is 141 Å². The zero-order chi connectivity index (χ0) is 17.4. The maximum Gasteiger partial charge on any atom is 0.270 e. The van der Waals surface area contributed by atoms with Crippen LogP contribution in [0.15, 0.2) is 36.5 Å². The lowest BCUT2D eigenvalue weighted by molar-refractivity contribution is 0.0949. The van der Waals surface area contributed by atoms with Crippen molar-refractivity contribution in [1.82, 2.24) is 20.2 Å². The SMILES string of the molecule is CN(C)CCNc1nccc(C(=O)NCCc2ccc(F)cc2)n1. The van der Waals surface area contributed by atoms with Gasteiger partial charge in [0.15, 0.2) is 0 Å². The first-order valence-corrected chi connectivity index (χ1v) is 7.79. The average Bonchev–Trinajstić information content (AvgIpc) is 2.56. The molecule has 0 radical (unpaired) electrons. The van der Waals surface area contributed by atoms with E-state index in [1.165, 1.54) is 12.1 Å². The molecule has 24 heavy (non-hydrogen) atoms. The summed E-state index contributed by atoms with van der Waals surface area (Å²) in [6.07, 6.45) is 2.19. The minimum Gasteiger partial charge on any atom is -0.353 e. The Balaban J connectivity index is 1.82. The molecular weight excluding hydrogens is 309 g/mol. The summed E-state index contributed by atoms with van der Waals surface area (Å²) >= 11 is 0. The highest BCUT2D eigenvalue weighted by atomic mass is 19.1. The highest BCUT2D eigenvalue weighted by molar-refractivity contribution is 5.92. The van der Waals surface area contributed by atoms with Gasteiger partial charge in [0.05, 0.1) is 0 Å². The minimum absolute atomic E-state index is 0.254. The van der Waals surface area contributed by atoms with Crippen LogP contribution in [0.5, 0.6) is 0 Å². The second kappa shape index (κ2) is 8.93. The maximum absolute atomic E-state index is 12.8. The third-order valence-electron chi connectivity index (χ3n) is 3.34. The standard InChI is InChI=1S/C17H22FN5O/c1-23(2)12-11-21-17-20-10-8-15(22-17)16(24)19-9-7-13-3-5-14(18)6-4-13/h3-6,8,10H,7,9,11-12H2,1-2H3,(H,19,24)(H,20,21,22). The number of anilines is 1. The number of halogens is 1. The zero-order valence-electron chi connectivity index (χ0n) is 13.9. The van der Waals surface area contributed by atoms with Crippen LogP contribution in [0.1, 0.15) is 16.1 Å². The quantitative estimate of drug-likeness (QED) is 0.768. The fraction of sp³-hybridized carbons (Fsp3) is 0.353. The van der Waals surface area contributed by atoms with Gasteiger partial charge in [-0.1, -0.05) is 12.1 Å². The van der Waals surface area contributed by atoms with Crippen molar-refractivity contribution >= 4 is 11.9 Å². The van der Waals surface area contributed by atoms with Crippen LogP contribution >= 0.6 is 0 Å². The second-order valence-electron chi connectivity index (χ2n) is 5.63. The number of hydrogen-bond acceptors (Lipinski definition) is 5. The molecule has 0 saturated heterocycles. The van der Waals surface area contributed by atoms with Crippen molar-refractivity contribution in [2.45, 2.75) is 6.42 Å². The van der Waals surface area contributed by atoms with Gasteiger partial charge < -0.3 is 15.5 Å². The molecule has 0 atom stereocenters. The number of hydrogen-bond donors (Lipinski definition) is 2. The first kappa shape index (κ1) is 17.8. The van der Waals surface area contributed by atoms with Crippen molar-refractivity contribution in [2.75, 3.05) is 39.0 Å². The molecule has 0 aliphatic heterocycles. The van der Waals surface area contributed by atoms with Crippen molar-refractivity contribution in [2.24, 2.45) is 0 Å². The smallest absolute Gasteiger partial charge is 0.270 e. The molecule has 128 valence electrons. The summed E-state index contributed by atoms with van der Waals surface area (Å²) in [5.74, 6) is -0.0868. The number of carbonyl (C=O) groups excluding carboxylic acids is 1. The third kappa shape index (κ3) is 5.92. The number of amides is 1. The molecule has 0 saturated carbocycles. The van der Waals surface area contributed by atoms with E-state index in [0.29, 0.717) is 31.2 Å². The first-order valence-electron chi connectivity index (χ1n) is 7.79. The molecule has 2 rings (SSSR count). The highest BCUT2D eigenvalue weighted by Gasteiger charge is 2.08. The largest absolute Gasteiger partial charge is 0.353 e. The van der Waals surface area contributed by atoms with Gasteiger partial charge in [-0.05, 0) is 44.3 Å². The average molecular weight is 331 g/mol. The molecular formula is C17H22FN5O. The van der Waals surface area contributed by atoms with Crippen LogP contribution in [-0.2, 0) is 6.42 Å². The molecule has 0 aliphatic rings. The molecule has 1 aromatic carbocycles. The summed E-state index contributed by atoms with van der Waals surface area (Å²) in [5.41, 5.74) is 1.28. The minimum atomic E-state index is -0.266. The van der Waals surface area contributed by atoms with Crippen LogP contribution in [0.25, 0.3) is 0 Å². The van der Waals surface area contributed by atoms with Gasteiger partial charge >= 0.3 is 0 Å². The van der Waals surface area contributed by atoms with Gasteiger partial charge in [-0.3, -0.25) is 4.79 Å². The van der Waals surface area contributed by atoms with E-state index in [0.717, 1.165) is 12.1 Å². The van der Waals surface area contributed by atoms with E-state index in [4.69, 9.17) is 0 Å². The molecule has 6 nitrogen and oxygen atoms in total. The van der Waals surface area contributed by atoms with E-state index < -0.39 is 0 Å². The van der Waals surface area contributed by atoms with Gasteiger partial charge in [0, 0.05) is 25.8 Å². The molecule has 7 heteroatoms. The normalized spacial score (nSPS) is 10.7. The predicted octanol–water partition coefficient (Wildman–Crippen LogP) is 1.56. The van der Waals surface area contributed by atoms with Gasteiger partial charge in [-0.15, -0.1) is 0 Å². The number of nitrogens with zero attached hydrogens (tertiary/aromatic N) is 3. The van der Waals surface area contributed by atoms with Crippen molar-refractivity contribution in [3.63, 3.8) is 0 Å². The van der Waals surface area contributed by atoms with E-state index in [1.807, 2.05) is 19.0 Å². The van der Waals surface area contributed by atoms with Crippen LogP contribution in [0.3, 0.4) is 0 Å². The lowest BCUT2D eigenvalue weighted by Crippen LogP contribution is -2.27. The summed E-state index contributed by atoms with van der Waals surface area (Å²) in [5, 5.41) is 5.88. The first-order chi connectivity index (χ1) is 11.5. The second-order valence-corrected chi connectivity index (χ2v) is 5.63. The lowest BCUT2D eigenvalue weighted by atomic mass is 10.1. The summed E-state index contributed by atoms with van der Waals surface area (Å²) in [6, 6.07) is 7.81. The maximum atomic E-state index is 12.8. The Morgan fingerprint density at radius 3 is 2.62 bits per heavy atom. The molecule has 0 unspecified atom stereocenters. The summed E-state index contributed by atoms with van der Waals surface area (Å²) in [4.78, 5) is 22.5. The summed E-state index contributed by atoms with van der Waals surface area (Å²) in [7, 11) is 3.96. The molecule has 0 spiro atoms. The molecule has 0 aliphatic carbocycles. The van der Waals surface area contributed by atoms with Crippen LogP contribution < -0.4 is 10.6 Å². The fourth-order valence-electron chi connectivity index (χ4n) is 2.02. The van der Waals surface area contributed by atoms with Gasteiger partial charge in [-0.2, -0.15) is 0 Å². The van der Waals surface area contributed by atoms with E-state index in [9.17, 15) is 9.18 Å². The van der Waals surface area contributed by atoms with Crippen molar-refractivity contribution in [1.29, 1.82) is 0 Å². The number of nitrogens with one attached hydrogen (secondary N) is 2. The zero-order valence-corrected chi connectivity index (χ0v) is 13.9. The molecule has 0 fully saturated rings. The Hall–Kier alpha value is -2.54. The third-order valence-corrected chi connectivity index (χ3v) is 3.34. The highest BCUT2D eigenvalue weighted by Crippen LogP contribution is 2.04. The van der Waals surface area contributed by atoms with E-state index in [1.54, 1.807) is 24.4 Å². The van der Waals surface area contributed by atoms with E-state index >= 15 is 0 Å². The van der Waals surface area contributed by atoms with Crippen molar-refractivity contribution in [3.8, 4) is 0 Å². The number of rotatable bonds is 8. The number of benzene rings is 1. The molecule has 2 aromatic rings. The van der Waals surface area contributed by atoms with Crippen molar-refractivity contribution < 1.29 is 9.18 Å². The molecule has 1 amide bonds. The molecule has 2 N–H and O–H groups in total. The van der Waals surface area contributed by atoms with Gasteiger partial charge in [0.1, 0.15) is 11.5 Å².